The minimum absolute atomic E-state index is 0.0531. The highest BCUT2D eigenvalue weighted by Gasteiger charge is 2.13. The fourth-order valence-corrected chi connectivity index (χ4v) is 2.05. The number of aryl methyl sites for hydroxylation is 1. The van der Waals surface area contributed by atoms with E-state index in [9.17, 15) is 23.2 Å². The van der Waals surface area contributed by atoms with Gasteiger partial charge in [-0.15, -0.1) is 0 Å². The maximum atomic E-state index is 12.1. The van der Waals surface area contributed by atoms with E-state index in [-0.39, 0.29) is 17.0 Å². The number of nitrogens with one attached hydrogen (secondary N) is 1. The van der Waals surface area contributed by atoms with E-state index in [1.165, 1.54) is 36.4 Å². The molecule has 1 amide bonds. The molecule has 0 fully saturated rings. The van der Waals surface area contributed by atoms with Gasteiger partial charge in [0.1, 0.15) is 5.75 Å². The molecule has 10 heteroatoms. The van der Waals surface area contributed by atoms with Crippen LogP contribution < -0.4 is 15.6 Å². The van der Waals surface area contributed by atoms with Gasteiger partial charge in [0.15, 0.2) is 12.3 Å². The molecule has 0 saturated carbocycles. The van der Waals surface area contributed by atoms with Gasteiger partial charge < -0.3 is 14.8 Å². The maximum absolute atomic E-state index is 12.1. The molecule has 2 rings (SSSR count). The van der Waals surface area contributed by atoms with Gasteiger partial charge in [0.25, 0.3) is 11.5 Å². The van der Waals surface area contributed by atoms with E-state index in [1.54, 1.807) is 0 Å². The number of anilines is 1. The van der Waals surface area contributed by atoms with Crippen molar-refractivity contribution in [2.75, 3.05) is 11.9 Å². The molecule has 0 radical (unpaired) electrons. The monoisotopic (exact) mass is 381 g/mol. The number of esters is 1. The highest BCUT2D eigenvalue weighted by molar-refractivity contribution is 5.94. The second-order valence-corrected chi connectivity index (χ2v) is 5.31. The number of hydrogen-bond acceptors (Lipinski definition) is 6. The number of halogens is 2. The molecular weight excluding hydrogens is 364 g/mol. The first-order chi connectivity index (χ1) is 12.9. The predicted molar refractivity (Wildman–Crippen MR) is 90.8 cm³/mol. The molecule has 0 aliphatic heterocycles. The number of carbonyl (C=O) groups excluding carboxylic acids is 2. The number of rotatable bonds is 8. The lowest BCUT2D eigenvalue weighted by Gasteiger charge is -2.08. The third kappa shape index (κ3) is 6.17. The van der Waals surface area contributed by atoms with E-state index in [0.29, 0.717) is 18.7 Å². The Labute approximate surface area is 152 Å². The summed E-state index contributed by atoms with van der Waals surface area (Å²) in [7, 11) is 0. The molecule has 0 spiro atoms. The molecule has 0 unspecified atom stereocenters. The first kappa shape index (κ1) is 20.0. The average molecular weight is 381 g/mol. The molecule has 0 aliphatic rings. The van der Waals surface area contributed by atoms with Gasteiger partial charge in [-0.1, -0.05) is 6.92 Å². The first-order valence-electron chi connectivity index (χ1n) is 7.99. The highest BCUT2D eigenvalue weighted by Crippen LogP contribution is 2.17. The zero-order chi connectivity index (χ0) is 19.8. The fraction of sp³-hybridized carbons (Fsp3) is 0.294. The minimum atomic E-state index is -2.94. The number of ether oxygens (including phenoxy) is 2. The molecule has 1 aromatic heterocycles. The zero-order valence-corrected chi connectivity index (χ0v) is 14.4. The summed E-state index contributed by atoms with van der Waals surface area (Å²) in [6, 6.07) is 7.65. The molecule has 8 nitrogen and oxygen atoms in total. The molecular formula is C17H17F2N3O5. The van der Waals surface area contributed by atoms with Gasteiger partial charge in [-0.2, -0.15) is 13.9 Å². The van der Waals surface area contributed by atoms with Gasteiger partial charge in [0, 0.05) is 18.3 Å². The van der Waals surface area contributed by atoms with Gasteiger partial charge in [-0.3, -0.25) is 9.59 Å². The van der Waals surface area contributed by atoms with Crippen LogP contribution >= 0.6 is 0 Å². The number of alkyl halides is 2. The van der Waals surface area contributed by atoms with E-state index in [0.717, 1.165) is 4.68 Å². The van der Waals surface area contributed by atoms with Crippen LogP contribution in [0.4, 0.5) is 14.5 Å². The van der Waals surface area contributed by atoms with E-state index < -0.39 is 25.1 Å². The Morgan fingerprint density at radius 2 is 1.89 bits per heavy atom. The molecule has 0 bridgehead atoms. The molecule has 0 saturated heterocycles. The maximum Gasteiger partial charge on any atom is 0.387 e. The van der Waals surface area contributed by atoms with Crippen molar-refractivity contribution in [1.82, 2.24) is 9.78 Å². The Bertz CT molecular complexity index is 852. The molecule has 0 atom stereocenters. The van der Waals surface area contributed by atoms with Crippen LogP contribution in [0.3, 0.4) is 0 Å². The van der Waals surface area contributed by atoms with Crippen LogP contribution in [-0.4, -0.2) is 34.9 Å². The van der Waals surface area contributed by atoms with Crippen LogP contribution in [0, 0.1) is 0 Å². The van der Waals surface area contributed by atoms with E-state index in [4.69, 9.17) is 4.74 Å². The lowest BCUT2D eigenvalue weighted by atomic mass is 10.3. The minimum Gasteiger partial charge on any atom is -0.451 e. The van der Waals surface area contributed by atoms with Crippen LogP contribution in [0.25, 0.3) is 0 Å². The van der Waals surface area contributed by atoms with Crippen LogP contribution in [-0.2, 0) is 16.1 Å². The summed E-state index contributed by atoms with van der Waals surface area (Å²) < 4.78 is 34.3. The Kier molecular flexibility index (Phi) is 6.98. The van der Waals surface area contributed by atoms with Gasteiger partial charge in [-0.05, 0) is 36.8 Å². The number of amides is 1. The number of aromatic nitrogens is 2. The van der Waals surface area contributed by atoms with Crippen molar-refractivity contribution in [2.45, 2.75) is 26.5 Å². The first-order valence-corrected chi connectivity index (χ1v) is 7.99. The summed E-state index contributed by atoms with van der Waals surface area (Å²) in [6.07, 6.45) is 0.662. The van der Waals surface area contributed by atoms with Crippen molar-refractivity contribution in [3.63, 3.8) is 0 Å². The van der Waals surface area contributed by atoms with Crippen LogP contribution in [0.1, 0.15) is 23.8 Å². The molecule has 2 aromatic rings. The van der Waals surface area contributed by atoms with Crippen molar-refractivity contribution in [1.29, 1.82) is 0 Å². The lowest BCUT2D eigenvalue weighted by molar-refractivity contribution is -0.119. The van der Waals surface area contributed by atoms with Crippen LogP contribution in [0.5, 0.6) is 5.75 Å². The number of hydrogen-bond donors (Lipinski definition) is 1. The predicted octanol–water partition coefficient (Wildman–Crippen LogP) is 2.05. The fourth-order valence-electron chi connectivity index (χ4n) is 2.05. The van der Waals surface area contributed by atoms with Crippen molar-refractivity contribution >= 4 is 17.6 Å². The highest BCUT2D eigenvalue weighted by atomic mass is 19.3. The summed E-state index contributed by atoms with van der Waals surface area (Å²) in [4.78, 5) is 35.3. The van der Waals surface area contributed by atoms with Crippen molar-refractivity contribution in [2.24, 2.45) is 0 Å². The van der Waals surface area contributed by atoms with Crippen molar-refractivity contribution in [3.8, 4) is 5.75 Å². The summed E-state index contributed by atoms with van der Waals surface area (Å²) in [5, 5.41) is 6.32. The van der Waals surface area contributed by atoms with Gasteiger partial charge in [0.2, 0.25) is 0 Å². The van der Waals surface area contributed by atoms with Gasteiger partial charge in [0.05, 0.1) is 0 Å². The standard InChI is InChI=1S/C17H17F2N3O5/c1-2-9-22-15(24)8-7-13(21-22)16(25)26-10-14(23)20-11-3-5-12(6-4-11)27-17(18)19/h3-8,17H,2,9-10H2,1H3,(H,20,23). The smallest absolute Gasteiger partial charge is 0.387 e. The molecule has 144 valence electrons. The topological polar surface area (TPSA) is 99.5 Å². The summed E-state index contributed by atoms with van der Waals surface area (Å²) >= 11 is 0. The van der Waals surface area contributed by atoms with E-state index in [2.05, 4.69) is 15.2 Å². The van der Waals surface area contributed by atoms with Gasteiger partial charge in [-0.25, -0.2) is 9.48 Å². The Balaban J connectivity index is 1.88. The van der Waals surface area contributed by atoms with Crippen molar-refractivity contribution in [3.05, 3.63) is 52.4 Å². The summed E-state index contributed by atoms with van der Waals surface area (Å²) in [5.74, 6) is -1.54. The third-order valence-corrected chi connectivity index (χ3v) is 3.21. The molecule has 27 heavy (non-hydrogen) atoms. The number of benzene rings is 1. The van der Waals surface area contributed by atoms with Crippen molar-refractivity contribution < 1.29 is 27.8 Å². The normalized spacial score (nSPS) is 10.5. The second-order valence-electron chi connectivity index (χ2n) is 5.31. The molecule has 1 heterocycles. The van der Waals surface area contributed by atoms with Crippen LogP contribution in [0.2, 0.25) is 0 Å². The quantitative estimate of drug-likeness (QED) is 0.703. The number of carbonyl (C=O) groups is 2. The average Bonchev–Trinajstić information content (AvgIpc) is 2.63. The van der Waals surface area contributed by atoms with E-state index in [1.807, 2.05) is 6.92 Å². The second kappa shape index (κ2) is 9.41. The molecule has 1 aromatic carbocycles. The summed E-state index contributed by atoms with van der Waals surface area (Å²) in [5.41, 5.74) is -0.123. The van der Waals surface area contributed by atoms with Gasteiger partial charge >= 0.3 is 12.6 Å². The third-order valence-electron chi connectivity index (χ3n) is 3.21. The largest absolute Gasteiger partial charge is 0.451 e. The zero-order valence-electron chi connectivity index (χ0n) is 14.4. The Morgan fingerprint density at radius 3 is 2.52 bits per heavy atom. The Morgan fingerprint density at radius 1 is 1.19 bits per heavy atom. The Hall–Kier alpha value is -3.30. The van der Waals surface area contributed by atoms with E-state index >= 15 is 0 Å². The summed E-state index contributed by atoms with van der Waals surface area (Å²) in [6.45, 7) is -1.31. The molecule has 0 aliphatic carbocycles. The molecule has 1 N–H and O–H groups in total. The number of nitrogens with zero attached hydrogens (tertiary/aromatic N) is 2. The lowest BCUT2D eigenvalue weighted by Crippen LogP contribution is -2.26. The SMILES string of the molecule is CCCn1nc(C(=O)OCC(=O)Nc2ccc(OC(F)F)cc2)ccc1=O. The van der Waals surface area contributed by atoms with Crippen LogP contribution in [0.15, 0.2) is 41.2 Å².